The van der Waals surface area contributed by atoms with Crippen molar-refractivity contribution in [3.63, 3.8) is 0 Å². The first-order valence-corrected chi connectivity index (χ1v) is 13.7. The SMILES string of the molecule is CN1CC2CCCC(C1)N2CCOC(=O)CCCCC(=O)OCCN1C2CCCC1CN(C)C2.Cl.Cl.Cl.Cl. The van der Waals surface area contributed by atoms with Crippen LogP contribution in [-0.4, -0.2) is 122 Å². The molecule has 4 unspecified atom stereocenters. The number of piperidine rings is 2. The van der Waals surface area contributed by atoms with Crippen molar-refractivity contribution in [2.24, 2.45) is 0 Å². The van der Waals surface area contributed by atoms with Gasteiger partial charge in [-0.1, -0.05) is 12.8 Å². The number of halogens is 4. The lowest BCUT2D eigenvalue weighted by atomic mass is 9.91. The summed E-state index contributed by atoms with van der Waals surface area (Å²) < 4.78 is 11.0. The second-order valence-electron chi connectivity index (χ2n) is 11.0. The number of carbonyl (C=O) groups excluding carboxylic acids is 2. The van der Waals surface area contributed by atoms with Crippen molar-refractivity contribution in [1.29, 1.82) is 0 Å². The van der Waals surface area contributed by atoms with Crippen LogP contribution in [0.3, 0.4) is 0 Å². The molecule has 0 aromatic rings. The summed E-state index contributed by atoms with van der Waals surface area (Å²) in [5.41, 5.74) is 0. The van der Waals surface area contributed by atoms with E-state index < -0.39 is 0 Å². The third-order valence-corrected chi connectivity index (χ3v) is 8.35. The number of likely N-dealkylation sites (tertiary alicyclic amines) is 2. The summed E-state index contributed by atoms with van der Waals surface area (Å²) in [6.07, 6.45) is 9.76. The standard InChI is InChI=1S/C26H46N4O4.4ClH/c1-27-17-21-7-5-8-22(18-27)29(21)13-15-33-25(31)11-3-4-12-26(32)34-16-14-30-23-9-6-10-24(30)20-28(2)19-23;;;;/h21-24H,3-20H2,1-2H3;4*1H. The van der Waals surface area contributed by atoms with Gasteiger partial charge in [0, 0.05) is 76.3 Å². The van der Waals surface area contributed by atoms with Gasteiger partial charge in [-0.05, 0) is 52.6 Å². The zero-order chi connectivity index (χ0) is 23.9. The minimum absolute atomic E-state index is 0. The molecule has 0 N–H and O–H groups in total. The smallest absolute Gasteiger partial charge is 0.305 e. The fourth-order valence-corrected chi connectivity index (χ4v) is 6.75. The summed E-state index contributed by atoms with van der Waals surface area (Å²) in [6, 6.07) is 2.44. The monoisotopic (exact) mass is 622 g/mol. The minimum Gasteiger partial charge on any atom is -0.464 e. The van der Waals surface area contributed by atoms with Crippen molar-refractivity contribution in [3.05, 3.63) is 0 Å². The van der Waals surface area contributed by atoms with Gasteiger partial charge in [0.05, 0.1) is 0 Å². The van der Waals surface area contributed by atoms with Crippen LogP contribution < -0.4 is 0 Å². The van der Waals surface area contributed by atoms with Gasteiger partial charge in [-0.25, -0.2) is 0 Å². The summed E-state index contributed by atoms with van der Waals surface area (Å²) in [7, 11) is 4.41. The Kier molecular flexibility index (Phi) is 19.1. The average molecular weight is 625 g/mol. The predicted molar refractivity (Wildman–Crippen MR) is 161 cm³/mol. The number of hydrogen-bond acceptors (Lipinski definition) is 8. The topological polar surface area (TPSA) is 65.6 Å². The zero-order valence-electron chi connectivity index (χ0n) is 23.1. The van der Waals surface area contributed by atoms with E-state index in [1.165, 1.54) is 38.5 Å². The number of fused-ring (bicyclic) bond motifs is 4. The fourth-order valence-electron chi connectivity index (χ4n) is 6.75. The lowest BCUT2D eigenvalue weighted by Crippen LogP contribution is -2.60. The molecular weight excluding hydrogens is 574 g/mol. The van der Waals surface area contributed by atoms with E-state index >= 15 is 0 Å². The molecule has 226 valence electrons. The first-order valence-electron chi connectivity index (χ1n) is 13.7. The van der Waals surface area contributed by atoms with E-state index in [1.54, 1.807) is 0 Å². The Hall–Kier alpha value is -0.0600. The third kappa shape index (κ3) is 11.1. The number of likely N-dealkylation sites (N-methyl/N-ethyl adjacent to an activating group) is 2. The molecular formula is C26H50Cl4N4O4. The molecule has 12 heteroatoms. The van der Waals surface area contributed by atoms with Crippen molar-refractivity contribution in [2.75, 3.05) is 66.6 Å². The second-order valence-corrected chi connectivity index (χ2v) is 11.0. The van der Waals surface area contributed by atoms with Crippen LogP contribution in [0.25, 0.3) is 0 Å². The number of piperazine rings is 2. The molecule has 8 nitrogen and oxygen atoms in total. The van der Waals surface area contributed by atoms with Crippen molar-refractivity contribution < 1.29 is 19.1 Å². The number of esters is 2. The number of nitrogens with zero attached hydrogens (tertiary/aromatic N) is 4. The van der Waals surface area contributed by atoms with Crippen LogP contribution in [0.1, 0.15) is 64.2 Å². The van der Waals surface area contributed by atoms with Crippen LogP contribution in [0.15, 0.2) is 0 Å². The first kappa shape index (κ1) is 37.9. The van der Waals surface area contributed by atoms with Gasteiger partial charge in [0.1, 0.15) is 13.2 Å². The normalized spacial score (nSPS) is 27.5. The van der Waals surface area contributed by atoms with Crippen LogP contribution in [-0.2, 0) is 19.1 Å². The molecule has 4 heterocycles. The van der Waals surface area contributed by atoms with Gasteiger partial charge in [-0.15, -0.1) is 49.6 Å². The molecule has 38 heavy (non-hydrogen) atoms. The van der Waals surface area contributed by atoms with Crippen molar-refractivity contribution in [1.82, 2.24) is 19.6 Å². The lowest BCUT2D eigenvalue weighted by molar-refractivity contribution is -0.147. The summed E-state index contributed by atoms with van der Waals surface area (Å²) in [5.74, 6) is -0.288. The molecule has 0 spiro atoms. The molecule has 4 bridgehead atoms. The Morgan fingerprint density at radius 1 is 0.605 bits per heavy atom. The predicted octanol–water partition coefficient (Wildman–Crippen LogP) is 3.66. The van der Waals surface area contributed by atoms with Crippen molar-refractivity contribution in [2.45, 2.75) is 88.4 Å². The molecule has 4 fully saturated rings. The van der Waals surface area contributed by atoms with Crippen LogP contribution in [0, 0.1) is 0 Å². The minimum atomic E-state index is -0.144. The van der Waals surface area contributed by atoms with Gasteiger partial charge in [0.2, 0.25) is 0 Å². The Bertz CT molecular complexity index is 612. The lowest BCUT2D eigenvalue weighted by Gasteiger charge is -2.49. The molecule has 0 aromatic carbocycles. The van der Waals surface area contributed by atoms with Crippen molar-refractivity contribution >= 4 is 61.6 Å². The maximum Gasteiger partial charge on any atom is 0.305 e. The third-order valence-electron chi connectivity index (χ3n) is 8.35. The molecule has 0 saturated carbocycles. The van der Waals surface area contributed by atoms with Gasteiger partial charge in [0.15, 0.2) is 0 Å². The van der Waals surface area contributed by atoms with Gasteiger partial charge >= 0.3 is 11.9 Å². The number of carbonyl (C=O) groups is 2. The highest BCUT2D eigenvalue weighted by Gasteiger charge is 2.36. The van der Waals surface area contributed by atoms with Crippen LogP contribution in [0.2, 0.25) is 0 Å². The summed E-state index contributed by atoms with van der Waals surface area (Å²) in [4.78, 5) is 34.2. The van der Waals surface area contributed by atoms with E-state index in [-0.39, 0.29) is 61.6 Å². The molecule has 0 amide bonds. The van der Waals surface area contributed by atoms with Gasteiger partial charge < -0.3 is 19.3 Å². The van der Waals surface area contributed by atoms with E-state index in [2.05, 4.69) is 33.7 Å². The largest absolute Gasteiger partial charge is 0.464 e. The van der Waals surface area contributed by atoms with E-state index in [0.717, 1.165) is 39.3 Å². The second kappa shape index (κ2) is 19.1. The van der Waals surface area contributed by atoms with Crippen LogP contribution in [0.4, 0.5) is 0 Å². The number of hydrogen-bond donors (Lipinski definition) is 0. The van der Waals surface area contributed by atoms with Crippen molar-refractivity contribution in [3.8, 4) is 0 Å². The van der Waals surface area contributed by atoms with Crippen LogP contribution in [0.5, 0.6) is 0 Å². The van der Waals surface area contributed by atoms with Crippen LogP contribution >= 0.6 is 49.6 Å². The van der Waals surface area contributed by atoms with E-state index in [9.17, 15) is 9.59 Å². The van der Waals surface area contributed by atoms with E-state index in [4.69, 9.17) is 9.47 Å². The highest BCUT2D eigenvalue weighted by atomic mass is 35.5. The molecule has 4 atom stereocenters. The van der Waals surface area contributed by atoms with Gasteiger partial charge in [-0.3, -0.25) is 19.4 Å². The highest BCUT2D eigenvalue weighted by molar-refractivity contribution is 5.86. The molecule has 4 rings (SSSR count). The summed E-state index contributed by atoms with van der Waals surface area (Å²) in [5, 5.41) is 0. The number of rotatable bonds is 11. The van der Waals surface area contributed by atoms with E-state index in [1.807, 2.05) is 0 Å². The summed E-state index contributed by atoms with van der Waals surface area (Å²) in [6.45, 7) is 7.13. The molecule has 0 radical (unpaired) electrons. The molecule has 0 aliphatic carbocycles. The highest BCUT2D eigenvalue weighted by Crippen LogP contribution is 2.28. The maximum absolute atomic E-state index is 12.1. The Morgan fingerprint density at radius 3 is 1.24 bits per heavy atom. The maximum atomic E-state index is 12.1. The molecule has 0 aromatic heterocycles. The zero-order valence-corrected chi connectivity index (χ0v) is 26.4. The molecule has 4 saturated heterocycles. The Morgan fingerprint density at radius 2 is 0.921 bits per heavy atom. The van der Waals surface area contributed by atoms with E-state index in [0.29, 0.717) is 63.1 Å². The summed E-state index contributed by atoms with van der Waals surface area (Å²) >= 11 is 0. The Labute approximate surface area is 254 Å². The van der Waals surface area contributed by atoms with Gasteiger partial charge in [-0.2, -0.15) is 0 Å². The number of unbranched alkanes of at least 4 members (excludes halogenated alkanes) is 1. The molecule has 4 aliphatic heterocycles. The quantitative estimate of drug-likeness (QED) is 0.255. The Balaban J connectivity index is 0.00000342. The van der Waals surface area contributed by atoms with Gasteiger partial charge in [0.25, 0.3) is 0 Å². The number of ether oxygens (including phenoxy) is 2. The molecule has 4 aliphatic rings. The first-order chi connectivity index (χ1) is 16.5. The average Bonchev–Trinajstić information content (AvgIpc) is 2.77. The fraction of sp³-hybridized carbons (Fsp3) is 0.923.